The van der Waals surface area contributed by atoms with Gasteiger partial charge in [-0.1, -0.05) is 15.9 Å². The molecule has 122 valence electrons. The van der Waals surface area contributed by atoms with Crippen LogP contribution in [0.2, 0.25) is 0 Å². The van der Waals surface area contributed by atoms with Gasteiger partial charge in [0.2, 0.25) is 0 Å². The SMILES string of the molecule is CC(=O)OCC1OC(OCCBr)C(OC(C)=O)C(O)C1O. The van der Waals surface area contributed by atoms with Gasteiger partial charge in [-0.25, -0.2) is 0 Å². The molecule has 0 amide bonds. The number of ether oxygens (including phenoxy) is 4. The number of halogens is 1. The van der Waals surface area contributed by atoms with Crippen LogP contribution in [0, 0.1) is 0 Å². The van der Waals surface area contributed by atoms with Crippen LogP contribution in [-0.4, -0.2) is 71.4 Å². The highest BCUT2D eigenvalue weighted by atomic mass is 79.9. The van der Waals surface area contributed by atoms with Crippen molar-refractivity contribution in [2.45, 2.75) is 44.6 Å². The molecular formula is C12H19BrO8. The van der Waals surface area contributed by atoms with Crippen molar-refractivity contribution >= 4 is 27.9 Å². The van der Waals surface area contributed by atoms with Crippen LogP contribution in [0.4, 0.5) is 0 Å². The highest BCUT2D eigenvalue weighted by Gasteiger charge is 2.47. The summed E-state index contributed by atoms with van der Waals surface area (Å²) in [5.41, 5.74) is 0. The summed E-state index contributed by atoms with van der Waals surface area (Å²) in [6.45, 7) is 2.39. The van der Waals surface area contributed by atoms with Crippen molar-refractivity contribution in [3.63, 3.8) is 0 Å². The van der Waals surface area contributed by atoms with Gasteiger partial charge in [-0.3, -0.25) is 9.59 Å². The highest BCUT2D eigenvalue weighted by Crippen LogP contribution is 2.25. The average Bonchev–Trinajstić information content (AvgIpc) is 2.41. The van der Waals surface area contributed by atoms with Gasteiger partial charge >= 0.3 is 11.9 Å². The number of alkyl halides is 1. The lowest BCUT2D eigenvalue weighted by Gasteiger charge is -2.41. The Morgan fingerprint density at radius 2 is 1.86 bits per heavy atom. The van der Waals surface area contributed by atoms with E-state index < -0.39 is 42.6 Å². The molecule has 0 aromatic carbocycles. The third-order valence-corrected chi connectivity index (χ3v) is 3.08. The minimum absolute atomic E-state index is 0.242. The fourth-order valence-electron chi connectivity index (χ4n) is 1.85. The van der Waals surface area contributed by atoms with Gasteiger partial charge in [0, 0.05) is 19.2 Å². The second-order valence-electron chi connectivity index (χ2n) is 4.46. The molecule has 1 rings (SSSR count). The standard InChI is InChI=1S/C12H19BrO8/c1-6(14)19-5-8-9(16)10(17)11(20-7(2)15)12(21-8)18-4-3-13/h8-12,16-17H,3-5H2,1-2H3. The van der Waals surface area contributed by atoms with Crippen LogP contribution in [0.25, 0.3) is 0 Å². The first-order valence-electron chi connectivity index (χ1n) is 6.36. The zero-order valence-electron chi connectivity index (χ0n) is 11.7. The predicted octanol–water partition coefficient (Wildman–Crippen LogP) is -0.661. The third kappa shape index (κ3) is 5.51. The van der Waals surface area contributed by atoms with Crippen LogP contribution >= 0.6 is 15.9 Å². The Kier molecular flexibility index (Phi) is 7.53. The minimum Gasteiger partial charge on any atom is -0.463 e. The molecule has 0 bridgehead atoms. The Labute approximate surface area is 130 Å². The van der Waals surface area contributed by atoms with Crippen LogP contribution in [0.5, 0.6) is 0 Å². The number of carbonyl (C=O) groups excluding carboxylic acids is 2. The molecule has 0 spiro atoms. The van der Waals surface area contributed by atoms with Crippen LogP contribution < -0.4 is 0 Å². The molecule has 2 N–H and O–H groups in total. The van der Waals surface area contributed by atoms with Crippen molar-refractivity contribution in [2.24, 2.45) is 0 Å². The molecule has 1 aliphatic heterocycles. The van der Waals surface area contributed by atoms with Gasteiger partial charge in [0.25, 0.3) is 0 Å². The summed E-state index contributed by atoms with van der Waals surface area (Å²) in [6, 6.07) is 0. The van der Waals surface area contributed by atoms with Gasteiger partial charge in [-0.05, 0) is 0 Å². The monoisotopic (exact) mass is 370 g/mol. The van der Waals surface area contributed by atoms with Gasteiger partial charge in [0.05, 0.1) is 6.61 Å². The van der Waals surface area contributed by atoms with E-state index in [0.29, 0.717) is 5.33 Å². The van der Waals surface area contributed by atoms with Crippen molar-refractivity contribution in [3.8, 4) is 0 Å². The zero-order valence-corrected chi connectivity index (χ0v) is 13.3. The lowest BCUT2D eigenvalue weighted by molar-refractivity contribution is -0.303. The number of hydrogen-bond donors (Lipinski definition) is 2. The summed E-state index contributed by atoms with van der Waals surface area (Å²) in [5, 5.41) is 20.5. The van der Waals surface area contributed by atoms with Crippen molar-refractivity contribution in [1.82, 2.24) is 0 Å². The maximum absolute atomic E-state index is 11.1. The summed E-state index contributed by atoms with van der Waals surface area (Å²) >= 11 is 3.17. The Morgan fingerprint density at radius 1 is 1.19 bits per heavy atom. The number of hydrogen-bond acceptors (Lipinski definition) is 8. The number of rotatable bonds is 6. The molecule has 0 aromatic heterocycles. The molecule has 1 saturated heterocycles. The second kappa shape index (κ2) is 8.64. The quantitative estimate of drug-likeness (QED) is 0.468. The number of carbonyl (C=O) groups is 2. The molecular weight excluding hydrogens is 352 g/mol. The lowest BCUT2D eigenvalue weighted by atomic mass is 9.99. The van der Waals surface area contributed by atoms with E-state index in [1.54, 1.807) is 0 Å². The topological polar surface area (TPSA) is 112 Å². The molecule has 21 heavy (non-hydrogen) atoms. The maximum atomic E-state index is 11.1. The fraction of sp³-hybridized carbons (Fsp3) is 0.833. The molecule has 1 heterocycles. The second-order valence-corrected chi connectivity index (χ2v) is 5.25. The highest BCUT2D eigenvalue weighted by molar-refractivity contribution is 9.09. The van der Waals surface area contributed by atoms with Gasteiger partial charge < -0.3 is 29.2 Å². The van der Waals surface area contributed by atoms with E-state index in [1.165, 1.54) is 13.8 Å². The normalized spacial score (nSPS) is 32.5. The van der Waals surface area contributed by atoms with E-state index in [0.717, 1.165) is 0 Å². The molecule has 1 fully saturated rings. The predicted molar refractivity (Wildman–Crippen MR) is 72.6 cm³/mol. The van der Waals surface area contributed by atoms with Crippen molar-refractivity contribution in [2.75, 3.05) is 18.5 Å². The Balaban J connectivity index is 2.77. The Bertz CT molecular complexity index is 361. The molecule has 0 radical (unpaired) electrons. The molecule has 0 saturated carbocycles. The minimum atomic E-state index is -1.41. The first-order chi connectivity index (χ1) is 9.86. The van der Waals surface area contributed by atoms with Gasteiger partial charge in [-0.2, -0.15) is 0 Å². The summed E-state index contributed by atoms with van der Waals surface area (Å²) in [6.07, 6.45) is -5.99. The van der Waals surface area contributed by atoms with Gasteiger partial charge in [0.1, 0.15) is 24.9 Å². The first-order valence-corrected chi connectivity index (χ1v) is 7.48. The van der Waals surface area contributed by atoms with E-state index in [1.807, 2.05) is 0 Å². The van der Waals surface area contributed by atoms with Crippen molar-refractivity contribution in [3.05, 3.63) is 0 Å². The van der Waals surface area contributed by atoms with E-state index in [2.05, 4.69) is 15.9 Å². The Hall–Kier alpha value is -0.740. The molecule has 8 nitrogen and oxygen atoms in total. The summed E-state index contributed by atoms with van der Waals surface area (Å²) in [7, 11) is 0. The van der Waals surface area contributed by atoms with Crippen LogP contribution in [0.3, 0.4) is 0 Å². The summed E-state index contributed by atoms with van der Waals surface area (Å²) in [5.74, 6) is -1.18. The fourth-order valence-corrected chi connectivity index (χ4v) is 2.04. The van der Waals surface area contributed by atoms with E-state index >= 15 is 0 Å². The summed E-state index contributed by atoms with van der Waals surface area (Å²) in [4.78, 5) is 21.9. The largest absolute Gasteiger partial charge is 0.463 e. The molecule has 5 unspecified atom stereocenters. The average molecular weight is 371 g/mol. The molecule has 9 heteroatoms. The van der Waals surface area contributed by atoms with E-state index in [4.69, 9.17) is 18.9 Å². The number of aliphatic hydroxyl groups excluding tert-OH is 2. The Morgan fingerprint density at radius 3 is 2.38 bits per heavy atom. The van der Waals surface area contributed by atoms with Crippen molar-refractivity contribution < 1.29 is 38.7 Å². The van der Waals surface area contributed by atoms with Crippen LogP contribution in [0.15, 0.2) is 0 Å². The van der Waals surface area contributed by atoms with E-state index in [9.17, 15) is 19.8 Å². The molecule has 5 atom stereocenters. The maximum Gasteiger partial charge on any atom is 0.303 e. The molecule has 1 aliphatic rings. The lowest BCUT2D eigenvalue weighted by Crippen LogP contribution is -2.60. The van der Waals surface area contributed by atoms with Gasteiger partial charge in [-0.15, -0.1) is 0 Å². The van der Waals surface area contributed by atoms with Crippen molar-refractivity contribution in [1.29, 1.82) is 0 Å². The summed E-state index contributed by atoms with van der Waals surface area (Å²) < 4.78 is 20.5. The smallest absolute Gasteiger partial charge is 0.303 e. The molecule has 0 aromatic rings. The van der Waals surface area contributed by atoms with Gasteiger partial charge in [0.15, 0.2) is 12.4 Å². The number of aliphatic hydroxyl groups is 2. The first kappa shape index (κ1) is 18.3. The zero-order chi connectivity index (χ0) is 16.0. The van der Waals surface area contributed by atoms with Crippen LogP contribution in [-0.2, 0) is 28.5 Å². The molecule has 0 aliphatic carbocycles. The van der Waals surface area contributed by atoms with E-state index in [-0.39, 0.29) is 13.2 Å². The third-order valence-electron chi connectivity index (χ3n) is 2.76. The number of esters is 2. The van der Waals surface area contributed by atoms with Crippen LogP contribution in [0.1, 0.15) is 13.8 Å².